The first-order chi connectivity index (χ1) is 16.7. The summed E-state index contributed by atoms with van der Waals surface area (Å²) in [5, 5.41) is 6.68. The van der Waals surface area contributed by atoms with Crippen molar-refractivity contribution in [2.75, 3.05) is 32.7 Å². The van der Waals surface area contributed by atoms with Crippen molar-refractivity contribution in [2.24, 2.45) is 0 Å². The third kappa shape index (κ3) is 5.00. The summed E-state index contributed by atoms with van der Waals surface area (Å²) in [6.07, 6.45) is 4.30. The van der Waals surface area contributed by atoms with Gasteiger partial charge in [-0.25, -0.2) is 9.07 Å². The second kappa shape index (κ2) is 10.2. The Morgan fingerprint density at radius 3 is 2.44 bits per heavy atom. The zero-order chi connectivity index (χ0) is 23.3. The van der Waals surface area contributed by atoms with E-state index < -0.39 is 0 Å². The van der Waals surface area contributed by atoms with Crippen LogP contribution in [0.3, 0.4) is 0 Å². The highest BCUT2D eigenvalue weighted by Gasteiger charge is 2.26. The van der Waals surface area contributed by atoms with Gasteiger partial charge >= 0.3 is 0 Å². The minimum Gasteiger partial charge on any atom is -0.335 e. The Labute approximate surface area is 202 Å². The molecule has 1 saturated heterocycles. The largest absolute Gasteiger partial charge is 0.335 e. The third-order valence-corrected chi connectivity index (χ3v) is 6.80. The quantitative estimate of drug-likeness (QED) is 0.387. The molecule has 0 radical (unpaired) electrons. The Bertz CT molecular complexity index is 1260. The summed E-state index contributed by atoms with van der Waals surface area (Å²) in [7, 11) is 0. The Balaban J connectivity index is 1.29. The van der Waals surface area contributed by atoms with Gasteiger partial charge in [0.05, 0.1) is 10.6 Å². The molecule has 172 valence electrons. The van der Waals surface area contributed by atoms with Gasteiger partial charge in [0.2, 0.25) is 0 Å². The van der Waals surface area contributed by atoms with Crippen LogP contribution in [-0.2, 0) is 0 Å². The number of hydrogen-bond acceptors (Lipinski definition) is 4. The van der Waals surface area contributed by atoms with Gasteiger partial charge in [-0.15, -0.1) is 11.3 Å². The zero-order valence-corrected chi connectivity index (χ0v) is 19.5. The molecule has 0 bridgehead atoms. The molecule has 5 nitrogen and oxygen atoms in total. The van der Waals surface area contributed by atoms with Gasteiger partial charge in [0, 0.05) is 32.7 Å². The van der Waals surface area contributed by atoms with E-state index in [1.807, 2.05) is 46.7 Å². The highest BCUT2D eigenvalue weighted by molar-refractivity contribution is 7.13. The maximum absolute atomic E-state index is 13.5. The van der Waals surface area contributed by atoms with E-state index in [2.05, 4.69) is 29.2 Å². The van der Waals surface area contributed by atoms with Gasteiger partial charge in [0.15, 0.2) is 0 Å². The molecule has 0 atom stereocenters. The van der Waals surface area contributed by atoms with Crippen LogP contribution in [0.1, 0.15) is 16.1 Å². The van der Waals surface area contributed by atoms with Crippen molar-refractivity contribution in [3.05, 3.63) is 101 Å². The number of benzene rings is 2. The van der Waals surface area contributed by atoms with Crippen LogP contribution in [0.4, 0.5) is 4.39 Å². The number of halogens is 1. The Hall–Kier alpha value is -3.55. The SMILES string of the molecule is O=C(c1cc(-c2cccs2)nn1-c1ccc(F)cc1)N1CCN(CC=Cc2ccccc2)CC1. The molecular formula is C27H25FN4OS. The molecule has 1 fully saturated rings. The lowest BCUT2D eigenvalue weighted by atomic mass is 10.2. The van der Waals surface area contributed by atoms with E-state index in [-0.39, 0.29) is 11.7 Å². The monoisotopic (exact) mass is 472 g/mol. The van der Waals surface area contributed by atoms with E-state index in [0.717, 1.165) is 30.2 Å². The number of piperazine rings is 1. The molecule has 0 aliphatic carbocycles. The Morgan fingerprint density at radius 1 is 0.971 bits per heavy atom. The van der Waals surface area contributed by atoms with Gasteiger partial charge in [-0.1, -0.05) is 48.6 Å². The van der Waals surface area contributed by atoms with Crippen LogP contribution < -0.4 is 0 Å². The highest BCUT2D eigenvalue weighted by atomic mass is 32.1. The zero-order valence-electron chi connectivity index (χ0n) is 18.7. The van der Waals surface area contributed by atoms with Crippen molar-refractivity contribution in [3.63, 3.8) is 0 Å². The maximum atomic E-state index is 13.5. The summed E-state index contributed by atoms with van der Waals surface area (Å²) in [5.74, 6) is -0.376. The molecular weight excluding hydrogens is 447 g/mol. The molecule has 2 aromatic heterocycles. The standard InChI is InChI=1S/C27H25FN4OS/c28-22-10-12-23(13-11-22)32-25(20-24(29-32)26-9-5-19-34-26)27(33)31-17-15-30(16-18-31)14-4-8-21-6-2-1-3-7-21/h1-13,19-20H,14-18H2. The molecule has 1 amide bonds. The van der Waals surface area contributed by atoms with Gasteiger partial charge in [0.25, 0.3) is 5.91 Å². The third-order valence-electron chi connectivity index (χ3n) is 5.91. The summed E-state index contributed by atoms with van der Waals surface area (Å²) < 4.78 is 15.1. The molecule has 0 spiro atoms. The maximum Gasteiger partial charge on any atom is 0.272 e. The molecule has 34 heavy (non-hydrogen) atoms. The number of amides is 1. The topological polar surface area (TPSA) is 41.4 Å². The normalized spacial score (nSPS) is 14.7. The number of hydrogen-bond donors (Lipinski definition) is 0. The van der Waals surface area contributed by atoms with Crippen LogP contribution >= 0.6 is 11.3 Å². The molecule has 7 heteroatoms. The average Bonchev–Trinajstić information content (AvgIpc) is 3.56. The van der Waals surface area contributed by atoms with Gasteiger partial charge in [-0.2, -0.15) is 5.10 Å². The number of aromatic nitrogens is 2. The van der Waals surface area contributed by atoms with Crippen LogP contribution in [0.25, 0.3) is 22.3 Å². The van der Waals surface area contributed by atoms with Gasteiger partial charge < -0.3 is 4.90 Å². The fraction of sp³-hybridized carbons (Fsp3) is 0.185. The molecule has 0 saturated carbocycles. The molecule has 2 aromatic carbocycles. The fourth-order valence-electron chi connectivity index (χ4n) is 4.05. The lowest BCUT2D eigenvalue weighted by Gasteiger charge is -2.34. The molecule has 1 aliphatic rings. The summed E-state index contributed by atoms with van der Waals surface area (Å²) in [4.78, 5) is 18.7. The summed E-state index contributed by atoms with van der Waals surface area (Å²) >= 11 is 1.58. The van der Waals surface area contributed by atoms with Crippen LogP contribution in [0.5, 0.6) is 0 Å². The fourth-order valence-corrected chi connectivity index (χ4v) is 4.74. The number of carbonyl (C=O) groups is 1. The Morgan fingerprint density at radius 2 is 1.74 bits per heavy atom. The summed E-state index contributed by atoms with van der Waals surface area (Å²) in [6, 6.07) is 22.1. The number of rotatable bonds is 6. The predicted molar refractivity (Wildman–Crippen MR) is 135 cm³/mol. The molecule has 5 rings (SSSR count). The Kier molecular flexibility index (Phi) is 6.65. The van der Waals surface area contributed by atoms with Crippen molar-refractivity contribution in [3.8, 4) is 16.3 Å². The number of nitrogens with zero attached hydrogens (tertiary/aromatic N) is 4. The van der Waals surface area contributed by atoms with Crippen molar-refractivity contribution < 1.29 is 9.18 Å². The van der Waals surface area contributed by atoms with E-state index in [4.69, 9.17) is 5.10 Å². The number of carbonyl (C=O) groups excluding carboxylic acids is 1. The smallest absolute Gasteiger partial charge is 0.272 e. The lowest BCUT2D eigenvalue weighted by molar-refractivity contribution is 0.0641. The summed E-state index contributed by atoms with van der Waals surface area (Å²) in [5.41, 5.74) is 3.09. The van der Waals surface area contributed by atoms with Crippen molar-refractivity contribution in [1.82, 2.24) is 19.6 Å². The van der Waals surface area contributed by atoms with Gasteiger partial charge in [-0.3, -0.25) is 9.69 Å². The molecule has 4 aromatic rings. The van der Waals surface area contributed by atoms with Crippen molar-refractivity contribution in [2.45, 2.75) is 0 Å². The molecule has 0 N–H and O–H groups in total. The highest BCUT2D eigenvalue weighted by Crippen LogP contribution is 2.26. The van der Waals surface area contributed by atoms with E-state index in [1.165, 1.54) is 17.7 Å². The summed E-state index contributed by atoms with van der Waals surface area (Å²) in [6.45, 7) is 3.79. The second-order valence-corrected chi connectivity index (χ2v) is 9.13. The second-order valence-electron chi connectivity index (χ2n) is 8.19. The molecule has 3 heterocycles. The predicted octanol–water partition coefficient (Wildman–Crippen LogP) is 5.21. The van der Waals surface area contributed by atoms with Crippen LogP contribution in [0.2, 0.25) is 0 Å². The minimum absolute atomic E-state index is 0.0564. The minimum atomic E-state index is -0.320. The van der Waals surface area contributed by atoms with Crippen LogP contribution in [-0.4, -0.2) is 58.2 Å². The van der Waals surface area contributed by atoms with Gasteiger partial charge in [-0.05, 0) is 47.3 Å². The van der Waals surface area contributed by atoms with Crippen LogP contribution in [0.15, 0.2) is 84.3 Å². The van der Waals surface area contributed by atoms with E-state index in [9.17, 15) is 9.18 Å². The first-order valence-electron chi connectivity index (χ1n) is 11.3. The van der Waals surface area contributed by atoms with Crippen molar-refractivity contribution >= 4 is 23.3 Å². The average molecular weight is 473 g/mol. The first kappa shape index (κ1) is 22.3. The van der Waals surface area contributed by atoms with Crippen molar-refractivity contribution in [1.29, 1.82) is 0 Å². The van der Waals surface area contributed by atoms with E-state index in [0.29, 0.717) is 24.5 Å². The van der Waals surface area contributed by atoms with Crippen LogP contribution in [0, 0.1) is 5.82 Å². The molecule has 0 unspecified atom stereocenters. The number of thiophene rings is 1. The van der Waals surface area contributed by atoms with E-state index in [1.54, 1.807) is 28.2 Å². The first-order valence-corrected chi connectivity index (χ1v) is 12.2. The lowest BCUT2D eigenvalue weighted by Crippen LogP contribution is -2.49. The van der Waals surface area contributed by atoms with E-state index >= 15 is 0 Å². The molecule has 1 aliphatic heterocycles. The van der Waals surface area contributed by atoms with Gasteiger partial charge in [0.1, 0.15) is 17.2 Å².